The average molecular weight is 390 g/mol. The molecule has 0 spiro atoms. The Morgan fingerprint density at radius 3 is 2.41 bits per heavy atom. The molecule has 29 heavy (non-hydrogen) atoms. The molecule has 0 radical (unpaired) electrons. The number of hydrogen-bond donors (Lipinski definition) is 1. The Kier molecular flexibility index (Phi) is 6.58. The zero-order valence-corrected chi connectivity index (χ0v) is 16.1. The third-order valence-corrected chi connectivity index (χ3v) is 4.48. The van der Waals surface area contributed by atoms with Crippen LogP contribution in [0.3, 0.4) is 0 Å². The fourth-order valence-electron chi connectivity index (χ4n) is 3.05. The summed E-state index contributed by atoms with van der Waals surface area (Å²) in [5, 5.41) is 14.4. The number of carbonyl (C=O) groups is 1. The number of rotatable bonds is 9. The highest BCUT2D eigenvalue weighted by Gasteiger charge is 2.18. The third kappa shape index (κ3) is 5.42. The van der Waals surface area contributed by atoms with Crippen LogP contribution in [-0.2, 0) is 0 Å². The Balaban J connectivity index is 1.87. The van der Waals surface area contributed by atoms with Gasteiger partial charge in [-0.3, -0.25) is 14.9 Å². The van der Waals surface area contributed by atoms with E-state index in [1.54, 1.807) is 24.3 Å². The lowest BCUT2D eigenvalue weighted by molar-refractivity contribution is -0.384. The summed E-state index contributed by atoms with van der Waals surface area (Å²) in [7, 11) is 0. The minimum absolute atomic E-state index is 0.00479. The van der Waals surface area contributed by atoms with Gasteiger partial charge < -0.3 is 10.1 Å². The summed E-state index contributed by atoms with van der Waals surface area (Å²) in [5.74, 6) is 0.738. The second kappa shape index (κ2) is 9.50. The van der Waals surface area contributed by atoms with E-state index >= 15 is 0 Å². The lowest BCUT2D eigenvalue weighted by Crippen LogP contribution is -2.16. The van der Waals surface area contributed by atoms with Crippen LogP contribution in [-0.4, -0.2) is 17.3 Å². The van der Waals surface area contributed by atoms with Crippen LogP contribution < -0.4 is 10.1 Å². The van der Waals surface area contributed by atoms with Gasteiger partial charge in [0.05, 0.1) is 17.6 Å². The number of nitro benzene ring substituents is 1. The molecule has 1 N–H and O–H groups in total. The van der Waals surface area contributed by atoms with Crippen molar-refractivity contribution in [3.63, 3.8) is 0 Å². The van der Waals surface area contributed by atoms with E-state index in [9.17, 15) is 14.9 Å². The average Bonchev–Trinajstić information content (AvgIpc) is 2.75. The van der Waals surface area contributed by atoms with E-state index < -0.39 is 4.92 Å². The molecule has 0 aromatic heterocycles. The number of nitro groups is 1. The second-order valence-corrected chi connectivity index (χ2v) is 6.50. The number of anilines is 1. The maximum absolute atomic E-state index is 12.8. The van der Waals surface area contributed by atoms with Gasteiger partial charge in [0, 0.05) is 29.8 Å². The van der Waals surface area contributed by atoms with Crippen molar-refractivity contribution in [2.75, 3.05) is 11.9 Å². The minimum atomic E-state index is -0.438. The van der Waals surface area contributed by atoms with E-state index in [-0.39, 0.29) is 23.9 Å². The van der Waals surface area contributed by atoms with Gasteiger partial charge in [0.2, 0.25) is 0 Å². The van der Waals surface area contributed by atoms with Gasteiger partial charge in [-0.1, -0.05) is 48.5 Å². The molecular formula is C23H22N2O4. The zero-order chi connectivity index (χ0) is 20.6. The molecule has 148 valence electrons. The lowest BCUT2D eigenvalue weighted by Gasteiger charge is -2.20. The summed E-state index contributed by atoms with van der Waals surface area (Å²) < 4.78 is 5.49. The maximum atomic E-state index is 12.8. The Bertz CT molecular complexity index is 972. The third-order valence-electron chi connectivity index (χ3n) is 4.48. The quantitative estimate of drug-likeness (QED) is 0.300. The summed E-state index contributed by atoms with van der Waals surface area (Å²) in [6, 6.07) is 22.5. The molecule has 0 heterocycles. The van der Waals surface area contributed by atoms with Crippen molar-refractivity contribution in [3.8, 4) is 5.75 Å². The summed E-state index contributed by atoms with van der Waals surface area (Å²) in [6.45, 7) is 2.49. The van der Waals surface area contributed by atoms with Gasteiger partial charge in [-0.05, 0) is 30.7 Å². The van der Waals surface area contributed by atoms with Crippen molar-refractivity contribution in [2.45, 2.75) is 19.4 Å². The number of non-ortho nitro benzene ring substituents is 1. The Morgan fingerprint density at radius 1 is 1.03 bits per heavy atom. The highest BCUT2D eigenvalue weighted by Crippen LogP contribution is 2.28. The monoisotopic (exact) mass is 390 g/mol. The van der Waals surface area contributed by atoms with Gasteiger partial charge in [-0.25, -0.2) is 0 Å². The molecule has 0 saturated carbocycles. The van der Waals surface area contributed by atoms with Gasteiger partial charge >= 0.3 is 0 Å². The number of Topliss-reactive ketones (excluding diaryl/α,β-unsaturated/α-hetero) is 1. The van der Waals surface area contributed by atoms with Crippen molar-refractivity contribution in [1.29, 1.82) is 0 Å². The standard InChI is InChI=1S/C23H22N2O4/c1-2-29-21-13-11-17(12-14-21)22(16-23(26)18-7-4-3-5-8-18)24-19-9-6-10-20(15-19)25(27)28/h3-15,22,24H,2,16H2,1H3. The van der Waals surface area contributed by atoms with Crippen LogP contribution in [0.1, 0.15) is 35.3 Å². The first-order valence-electron chi connectivity index (χ1n) is 9.39. The van der Waals surface area contributed by atoms with Crippen molar-refractivity contribution in [2.24, 2.45) is 0 Å². The van der Waals surface area contributed by atoms with Gasteiger partial charge in [0.25, 0.3) is 5.69 Å². The maximum Gasteiger partial charge on any atom is 0.271 e. The Hall–Kier alpha value is -3.67. The highest BCUT2D eigenvalue weighted by atomic mass is 16.6. The molecule has 0 amide bonds. The molecule has 0 aliphatic rings. The molecule has 0 aliphatic carbocycles. The fraction of sp³-hybridized carbons (Fsp3) is 0.174. The van der Waals surface area contributed by atoms with Gasteiger partial charge in [0.1, 0.15) is 5.75 Å². The first-order valence-corrected chi connectivity index (χ1v) is 9.39. The zero-order valence-electron chi connectivity index (χ0n) is 16.1. The second-order valence-electron chi connectivity index (χ2n) is 6.50. The molecule has 0 fully saturated rings. The van der Waals surface area contributed by atoms with Gasteiger partial charge in [-0.15, -0.1) is 0 Å². The molecule has 3 aromatic carbocycles. The van der Waals surface area contributed by atoms with Gasteiger partial charge in [0.15, 0.2) is 5.78 Å². The Morgan fingerprint density at radius 2 is 1.76 bits per heavy atom. The predicted molar refractivity (Wildman–Crippen MR) is 112 cm³/mol. The van der Waals surface area contributed by atoms with E-state index in [0.717, 1.165) is 11.3 Å². The molecular weight excluding hydrogens is 368 g/mol. The highest BCUT2D eigenvalue weighted by molar-refractivity contribution is 5.96. The first-order chi connectivity index (χ1) is 14.1. The number of hydrogen-bond acceptors (Lipinski definition) is 5. The summed E-state index contributed by atoms with van der Waals surface area (Å²) in [6.07, 6.45) is 0.209. The van der Waals surface area contributed by atoms with Crippen LogP contribution in [0.4, 0.5) is 11.4 Å². The SMILES string of the molecule is CCOc1ccc(C(CC(=O)c2ccccc2)Nc2cccc([N+](=O)[O-])c2)cc1. The van der Waals surface area contributed by atoms with E-state index in [2.05, 4.69) is 5.32 Å². The smallest absolute Gasteiger partial charge is 0.271 e. The summed E-state index contributed by atoms with van der Waals surface area (Å²) >= 11 is 0. The number of benzene rings is 3. The van der Waals surface area contributed by atoms with Crippen molar-refractivity contribution in [1.82, 2.24) is 0 Å². The molecule has 3 rings (SSSR count). The van der Waals surface area contributed by atoms with Gasteiger partial charge in [-0.2, -0.15) is 0 Å². The molecule has 0 aliphatic heterocycles. The number of ether oxygens (including phenoxy) is 1. The fourth-order valence-corrected chi connectivity index (χ4v) is 3.05. The summed E-state index contributed by atoms with van der Waals surface area (Å²) in [4.78, 5) is 23.4. The lowest BCUT2D eigenvalue weighted by atomic mass is 9.97. The number of nitrogens with one attached hydrogen (secondary N) is 1. The van der Waals surface area contributed by atoms with Crippen LogP contribution in [0.25, 0.3) is 0 Å². The van der Waals surface area contributed by atoms with Crippen LogP contribution in [0.2, 0.25) is 0 Å². The van der Waals surface area contributed by atoms with E-state index in [4.69, 9.17) is 4.74 Å². The van der Waals surface area contributed by atoms with E-state index in [0.29, 0.717) is 17.9 Å². The van der Waals surface area contributed by atoms with Crippen LogP contribution in [0, 0.1) is 10.1 Å². The normalized spacial score (nSPS) is 11.5. The molecule has 1 atom stereocenters. The molecule has 1 unspecified atom stereocenters. The van der Waals surface area contributed by atoms with E-state index in [1.807, 2.05) is 49.4 Å². The van der Waals surface area contributed by atoms with Crippen molar-refractivity contribution < 1.29 is 14.5 Å². The molecule has 0 bridgehead atoms. The molecule has 6 heteroatoms. The minimum Gasteiger partial charge on any atom is -0.494 e. The Labute approximate surface area is 169 Å². The van der Waals surface area contributed by atoms with Crippen LogP contribution in [0.15, 0.2) is 78.9 Å². The molecule has 3 aromatic rings. The van der Waals surface area contributed by atoms with Crippen molar-refractivity contribution in [3.05, 3.63) is 100 Å². The van der Waals surface area contributed by atoms with Crippen LogP contribution in [0.5, 0.6) is 5.75 Å². The first kappa shape index (κ1) is 20.1. The molecule has 0 saturated heterocycles. The predicted octanol–water partition coefficient (Wildman–Crippen LogP) is 5.42. The van der Waals surface area contributed by atoms with Crippen molar-refractivity contribution >= 4 is 17.2 Å². The van der Waals surface area contributed by atoms with Crippen LogP contribution >= 0.6 is 0 Å². The number of nitrogens with zero attached hydrogens (tertiary/aromatic N) is 1. The van der Waals surface area contributed by atoms with E-state index in [1.165, 1.54) is 12.1 Å². The number of ketones is 1. The molecule has 6 nitrogen and oxygen atoms in total. The topological polar surface area (TPSA) is 81.5 Å². The number of carbonyl (C=O) groups excluding carboxylic acids is 1. The largest absolute Gasteiger partial charge is 0.494 e. The summed E-state index contributed by atoms with van der Waals surface area (Å²) in [5.41, 5.74) is 2.10.